The van der Waals surface area contributed by atoms with Crippen molar-refractivity contribution < 1.29 is 18.7 Å². The van der Waals surface area contributed by atoms with Crippen LogP contribution >= 0.6 is 15.9 Å². The van der Waals surface area contributed by atoms with E-state index in [-0.39, 0.29) is 11.7 Å². The molecule has 4 nitrogen and oxygen atoms in total. The Balaban J connectivity index is 1.84. The normalized spacial score (nSPS) is 17.6. The van der Waals surface area contributed by atoms with Crippen LogP contribution in [0.4, 0.5) is 4.39 Å². The van der Waals surface area contributed by atoms with E-state index in [4.69, 9.17) is 9.47 Å². The van der Waals surface area contributed by atoms with E-state index < -0.39 is 6.10 Å². The molecule has 2 aromatic rings. The minimum absolute atomic E-state index is 0.155. The predicted molar refractivity (Wildman–Crippen MR) is 91.7 cm³/mol. The number of methoxy groups -OCH3 is 1. The summed E-state index contributed by atoms with van der Waals surface area (Å²) >= 11 is 3.38. The summed E-state index contributed by atoms with van der Waals surface area (Å²) in [5, 5.41) is 0. The van der Waals surface area contributed by atoms with Gasteiger partial charge in [0.2, 0.25) is 0 Å². The molecule has 1 saturated heterocycles. The van der Waals surface area contributed by atoms with E-state index in [1.54, 1.807) is 35.2 Å². The van der Waals surface area contributed by atoms with E-state index in [0.29, 0.717) is 36.6 Å². The van der Waals surface area contributed by atoms with Crippen LogP contribution in [0.5, 0.6) is 5.75 Å². The Kier molecular flexibility index (Phi) is 5.16. The summed E-state index contributed by atoms with van der Waals surface area (Å²) in [6, 6.07) is 11.8. The summed E-state index contributed by atoms with van der Waals surface area (Å²) in [5.41, 5.74) is 0.942. The highest BCUT2D eigenvalue weighted by atomic mass is 79.9. The van der Waals surface area contributed by atoms with Crippen molar-refractivity contribution in [3.63, 3.8) is 0 Å². The number of ether oxygens (including phenoxy) is 2. The van der Waals surface area contributed by atoms with Gasteiger partial charge in [0.25, 0.3) is 5.91 Å². The third kappa shape index (κ3) is 3.44. The van der Waals surface area contributed by atoms with Crippen molar-refractivity contribution in [3.05, 3.63) is 63.9 Å². The van der Waals surface area contributed by atoms with Gasteiger partial charge in [0.05, 0.1) is 25.8 Å². The molecule has 0 aromatic heterocycles. The molecule has 2 aromatic carbocycles. The van der Waals surface area contributed by atoms with Crippen molar-refractivity contribution in [2.75, 3.05) is 26.8 Å². The van der Waals surface area contributed by atoms with Gasteiger partial charge in [0.15, 0.2) is 0 Å². The lowest BCUT2D eigenvalue weighted by atomic mass is 10.1. The molecule has 1 heterocycles. The second kappa shape index (κ2) is 7.32. The van der Waals surface area contributed by atoms with Crippen molar-refractivity contribution in [3.8, 4) is 5.75 Å². The number of hydrogen-bond acceptors (Lipinski definition) is 3. The largest absolute Gasteiger partial charge is 0.496 e. The van der Waals surface area contributed by atoms with E-state index >= 15 is 0 Å². The molecule has 0 saturated carbocycles. The second-order valence-electron chi connectivity index (χ2n) is 5.48. The maximum Gasteiger partial charge on any atom is 0.257 e. The van der Waals surface area contributed by atoms with Gasteiger partial charge in [-0.1, -0.05) is 34.1 Å². The van der Waals surface area contributed by atoms with Crippen molar-refractivity contribution in [2.24, 2.45) is 0 Å². The lowest BCUT2D eigenvalue weighted by Crippen LogP contribution is -2.42. The average molecular weight is 394 g/mol. The van der Waals surface area contributed by atoms with Crippen LogP contribution in [0, 0.1) is 5.82 Å². The van der Waals surface area contributed by atoms with Crippen molar-refractivity contribution in [1.29, 1.82) is 0 Å². The van der Waals surface area contributed by atoms with Crippen molar-refractivity contribution in [1.82, 2.24) is 4.90 Å². The Morgan fingerprint density at radius 1 is 1.33 bits per heavy atom. The molecule has 3 rings (SSSR count). The molecule has 1 aliphatic rings. The lowest BCUT2D eigenvalue weighted by molar-refractivity contribution is -0.0243. The van der Waals surface area contributed by atoms with E-state index in [9.17, 15) is 9.18 Å². The smallest absolute Gasteiger partial charge is 0.257 e. The van der Waals surface area contributed by atoms with Crippen LogP contribution in [0.25, 0.3) is 0 Å². The molecule has 0 bridgehead atoms. The molecule has 6 heteroatoms. The standard InChI is InChI=1S/C18H17BrFNO3/c1-23-16-7-6-12(19)10-14(16)18(22)21-8-9-24-17(11-21)13-4-2-3-5-15(13)20/h2-7,10,17H,8-9,11H2,1H3. The molecular weight excluding hydrogens is 377 g/mol. The number of benzene rings is 2. The summed E-state index contributed by atoms with van der Waals surface area (Å²) in [6.07, 6.45) is -0.470. The van der Waals surface area contributed by atoms with Crippen LogP contribution in [-0.2, 0) is 4.74 Å². The van der Waals surface area contributed by atoms with E-state index in [2.05, 4.69) is 15.9 Å². The third-order valence-corrected chi connectivity index (χ3v) is 4.49. The number of morpholine rings is 1. The zero-order valence-corrected chi connectivity index (χ0v) is 14.8. The van der Waals surface area contributed by atoms with Gasteiger partial charge in [0, 0.05) is 16.6 Å². The minimum Gasteiger partial charge on any atom is -0.496 e. The maximum absolute atomic E-state index is 14.0. The fourth-order valence-corrected chi connectivity index (χ4v) is 3.14. The van der Waals surface area contributed by atoms with E-state index in [1.165, 1.54) is 13.2 Å². The van der Waals surface area contributed by atoms with Crippen LogP contribution < -0.4 is 4.74 Å². The van der Waals surface area contributed by atoms with Crippen LogP contribution in [0.1, 0.15) is 22.0 Å². The fraction of sp³-hybridized carbons (Fsp3) is 0.278. The average Bonchev–Trinajstić information content (AvgIpc) is 2.61. The molecular formula is C18H17BrFNO3. The van der Waals surface area contributed by atoms with Gasteiger partial charge in [-0.3, -0.25) is 4.79 Å². The molecule has 126 valence electrons. The highest BCUT2D eigenvalue weighted by Gasteiger charge is 2.29. The highest BCUT2D eigenvalue weighted by molar-refractivity contribution is 9.10. The Labute approximate surface area is 148 Å². The Bertz CT molecular complexity index is 753. The molecule has 1 amide bonds. The van der Waals surface area contributed by atoms with Gasteiger partial charge < -0.3 is 14.4 Å². The SMILES string of the molecule is COc1ccc(Br)cc1C(=O)N1CCOC(c2ccccc2F)C1. The first-order valence-electron chi connectivity index (χ1n) is 7.59. The van der Waals surface area contributed by atoms with Gasteiger partial charge >= 0.3 is 0 Å². The topological polar surface area (TPSA) is 38.8 Å². The molecule has 1 aliphatic heterocycles. The first-order valence-corrected chi connectivity index (χ1v) is 8.38. The number of amides is 1. The Hall–Kier alpha value is -1.92. The first-order chi connectivity index (χ1) is 11.6. The summed E-state index contributed by atoms with van der Waals surface area (Å²) in [5.74, 6) is 0.0340. The highest BCUT2D eigenvalue weighted by Crippen LogP contribution is 2.28. The maximum atomic E-state index is 14.0. The second-order valence-corrected chi connectivity index (χ2v) is 6.39. The number of hydrogen-bond donors (Lipinski definition) is 0. The lowest BCUT2D eigenvalue weighted by Gasteiger charge is -2.33. The van der Waals surface area contributed by atoms with Crippen LogP contribution in [0.15, 0.2) is 46.9 Å². The quantitative estimate of drug-likeness (QED) is 0.795. The van der Waals surface area contributed by atoms with Gasteiger partial charge in [0.1, 0.15) is 17.7 Å². The minimum atomic E-state index is -0.470. The number of carbonyl (C=O) groups is 1. The van der Waals surface area contributed by atoms with Gasteiger partial charge in [-0.2, -0.15) is 0 Å². The summed E-state index contributed by atoms with van der Waals surface area (Å²) in [6.45, 7) is 1.12. The number of rotatable bonds is 3. The first kappa shape index (κ1) is 16.9. The number of nitrogens with zero attached hydrogens (tertiary/aromatic N) is 1. The summed E-state index contributed by atoms with van der Waals surface area (Å²) < 4.78 is 25.7. The monoisotopic (exact) mass is 393 g/mol. The molecule has 1 fully saturated rings. The molecule has 0 N–H and O–H groups in total. The summed E-state index contributed by atoms with van der Waals surface area (Å²) in [4.78, 5) is 14.5. The van der Waals surface area contributed by atoms with Gasteiger partial charge in [-0.05, 0) is 24.3 Å². The number of carbonyl (C=O) groups excluding carboxylic acids is 1. The molecule has 1 unspecified atom stereocenters. The Morgan fingerprint density at radius 2 is 2.12 bits per heavy atom. The van der Waals surface area contributed by atoms with Crippen molar-refractivity contribution in [2.45, 2.75) is 6.10 Å². The molecule has 0 aliphatic carbocycles. The zero-order chi connectivity index (χ0) is 17.1. The van der Waals surface area contributed by atoms with E-state index in [1.807, 2.05) is 6.07 Å². The predicted octanol–water partition coefficient (Wildman–Crippen LogP) is 3.81. The third-order valence-electron chi connectivity index (χ3n) is 4.00. The molecule has 0 spiro atoms. The summed E-state index contributed by atoms with van der Waals surface area (Å²) in [7, 11) is 1.53. The van der Waals surface area contributed by atoms with Gasteiger partial charge in [-0.25, -0.2) is 4.39 Å². The molecule has 0 radical (unpaired) electrons. The molecule has 24 heavy (non-hydrogen) atoms. The van der Waals surface area contributed by atoms with Crippen LogP contribution in [0.3, 0.4) is 0 Å². The van der Waals surface area contributed by atoms with Crippen molar-refractivity contribution >= 4 is 21.8 Å². The Morgan fingerprint density at radius 3 is 2.88 bits per heavy atom. The molecule has 1 atom stereocenters. The van der Waals surface area contributed by atoms with E-state index in [0.717, 1.165) is 4.47 Å². The number of halogens is 2. The fourth-order valence-electron chi connectivity index (χ4n) is 2.78. The van der Waals surface area contributed by atoms with Crippen LogP contribution in [-0.4, -0.2) is 37.6 Å². The van der Waals surface area contributed by atoms with Gasteiger partial charge in [-0.15, -0.1) is 0 Å². The van der Waals surface area contributed by atoms with Crippen LogP contribution in [0.2, 0.25) is 0 Å². The zero-order valence-electron chi connectivity index (χ0n) is 13.2.